The number of pyridine rings is 2. The minimum atomic E-state index is -1.94. The van der Waals surface area contributed by atoms with Crippen molar-refractivity contribution in [3.05, 3.63) is 51.3 Å². The monoisotopic (exact) mass is 726 g/mol. The molecule has 1 aliphatic carbocycles. The summed E-state index contributed by atoms with van der Waals surface area (Å²) >= 11 is 0. The molecule has 14 nitrogen and oxygen atoms in total. The normalized spacial score (nSPS) is 19.3. The van der Waals surface area contributed by atoms with E-state index < -0.39 is 41.9 Å². The SMILES string of the molecule is CCCCCN1C=Nc2cccc3nc4c(c1c23)Cn1c-4cc2c(c1=O)COC(=O)[C@@]2(CC)OC(=O)CC[C@H](NC(=O)CNC1CCCCC1)C(=O)O. The van der Waals surface area contributed by atoms with Crippen molar-refractivity contribution in [3.63, 3.8) is 0 Å². The van der Waals surface area contributed by atoms with Crippen LogP contribution in [0.25, 0.3) is 22.3 Å². The van der Waals surface area contributed by atoms with Gasteiger partial charge >= 0.3 is 17.9 Å². The van der Waals surface area contributed by atoms with E-state index in [9.17, 15) is 29.1 Å². The van der Waals surface area contributed by atoms with Crippen molar-refractivity contribution in [2.75, 3.05) is 18.0 Å². The molecule has 0 spiro atoms. The fraction of sp³-hybridized carbons (Fsp3) is 0.513. The van der Waals surface area contributed by atoms with Gasteiger partial charge in [0.25, 0.3) is 5.56 Å². The van der Waals surface area contributed by atoms with Crippen molar-refractivity contribution < 1.29 is 33.8 Å². The number of rotatable bonds is 14. The summed E-state index contributed by atoms with van der Waals surface area (Å²) in [4.78, 5) is 77.8. The van der Waals surface area contributed by atoms with E-state index in [1.807, 2.05) is 24.5 Å². The van der Waals surface area contributed by atoms with Crippen molar-refractivity contribution in [1.29, 1.82) is 0 Å². The van der Waals surface area contributed by atoms with E-state index in [2.05, 4.69) is 22.5 Å². The van der Waals surface area contributed by atoms with Crippen molar-refractivity contribution in [1.82, 2.24) is 20.2 Å². The first kappa shape index (κ1) is 36.3. The van der Waals surface area contributed by atoms with E-state index in [4.69, 9.17) is 19.5 Å². The number of carbonyl (C=O) groups is 4. The van der Waals surface area contributed by atoms with E-state index in [0.717, 1.165) is 79.3 Å². The Bertz CT molecular complexity index is 2050. The topological polar surface area (TPSA) is 182 Å². The van der Waals surface area contributed by atoms with Crippen LogP contribution < -0.4 is 21.1 Å². The second-order valence-corrected chi connectivity index (χ2v) is 14.4. The minimum Gasteiger partial charge on any atom is -0.480 e. The second kappa shape index (κ2) is 15.1. The molecule has 1 saturated carbocycles. The number of esters is 2. The highest BCUT2D eigenvalue weighted by molar-refractivity contribution is 6.11. The molecule has 5 heterocycles. The summed E-state index contributed by atoms with van der Waals surface area (Å²) in [5.74, 6) is -3.45. The Balaban J connectivity index is 1.15. The third-order valence-electron chi connectivity index (χ3n) is 11.0. The summed E-state index contributed by atoms with van der Waals surface area (Å²) in [6.45, 7) is 4.51. The average molecular weight is 727 g/mol. The Labute approximate surface area is 307 Å². The van der Waals surface area contributed by atoms with E-state index in [-0.39, 0.29) is 55.3 Å². The number of hydrogen-bond acceptors (Lipinski definition) is 11. The minimum absolute atomic E-state index is 0.0265. The van der Waals surface area contributed by atoms with Gasteiger partial charge in [0.1, 0.15) is 12.6 Å². The highest BCUT2D eigenvalue weighted by Crippen LogP contribution is 2.47. The molecule has 280 valence electrons. The van der Waals surface area contributed by atoms with Crippen LogP contribution >= 0.6 is 0 Å². The van der Waals surface area contributed by atoms with Gasteiger partial charge in [-0.2, -0.15) is 0 Å². The predicted octanol–water partition coefficient (Wildman–Crippen LogP) is 4.57. The number of fused-ring (bicyclic) bond motifs is 5. The van der Waals surface area contributed by atoms with E-state index >= 15 is 0 Å². The van der Waals surface area contributed by atoms with Crippen LogP contribution in [0.5, 0.6) is 0 Å². The molecule has 0 saturated heterocycles. The van der Waals surface area contributed by atoms with Gasteiger partial charge in [0, 0.05) is 30.1 Å². The largest absolute Gasteiger partial charge is 0.480 e. The number of nitrogens with zero attached hydrogens (tertiary/aromatic N) is 4. The van der Waals surface area contributed by atoms with Crippen LogP contribution in [-0.2, 0) is 47.4 Å². The molecule has 4 aliphatic rings. The fourth-order valence-electron chi connectivity index (χ4n) is 8.11. The molecule has 1 aromatic carbocycles. The fourth-order valence-corrected chi connectivity index (χ4v) is 8.11. The summed E-state index contributed by atoms with van der Waals surface area (Å²) in [6, 6.07) is 6.35. The van der Waals surface area contributed by atoms with Gasteiger partial charge in [0.2, 0.25) is 11.5 Å². The Hall–Kier alpha value is -5.11. The molecular weight excluding hydrogens is 680 g/mol. The van der Waals surface area contributed by atoms with Gasteiger partial charge in [0.05, 0.1) is 58.7 Å². The molecule has 53 heavy (non-hydrogen) atoms. The number of aliphatic carboxylic acids is 1. The van der Waals surface area contributed by atoms with Gasteiger partial charge in [-0.05, 0) is 50.3 Å². The third-order valence-corrected chi connectivity index (χ3v) is 11.0. The molecule has 0 unspecified atom stereocenters. The first-order valence-electron chi connectivity index (χ1n) is 18.8. The Morgan fingerprint density at radius 3 is 2.68 bits per heavy atom. The number of aliphatic imine (C=N–C) groups is 1. The van der Waals surface area contributed by atoms with Crippen LogP contribution in [0.1, 0.15) is 101 Å². The third kappa shape index (κ3) is 6.80. The second-order valence-electron chi connectivity index (χ2n) is 14.4. The summed E-state index contributed by atoms with van der Waals surface area (Å²) in [5, 5.41) is 16.4. The zero-order valence-corrected chi connectivity index (χ0v) is 30.2. The van der Waals surface area contributed by atoms with Crippen molar-refractivity contribution in [2.24, 2.45) is 4.99 Å². The van der Waals surface area contributed by atoms with Gasteiger partial charge < -0.3 is 34.7 Å². The zero-order valence-electron chi connectivity index (χ0n) is 30.2. The van der Waals surface area contributed by atoms with Crippen LogP contribution in [0.4, 0.5) is 11.4 Å². The Morgan fingerprint density at radius 1 is 1.11 bits per heavy atom. The number of carboxylic acid groups (broad SMARTS) is 1. The predicted molar refractivity (Wildman–Crippen MR) is 197 cm³/mol. The number of benzene rings is 1. The van der Waals surface area contributed by atoms with Crippen LogP contribution in [0, 0.1) is 0 Å². The lowest BCUT2D eigenvalue weighted by Crippen LogP contribution is -2.48. The van der Waals surface area contributed by atoms with Crippen LogP contribution in [0.15, 0.2) is 34.1 Å². The zero-order chi connectivity index (χ0) is 37.3. The van der Waals surface area contributed by atoms with Crippen LogP contribution in [0.2, 0.25) is 0 Å². The number of ether oxygens (including phenoxy) is 2. The molecule has 3 aliphatic heterocycles. The smallest absolute Gasteiger partial charge is 0.355 e. The quantitative estimate of drug-likeness (QED) is 0.122. The van der Waals surface area contributed by atoms with Crippen molar-refractivity contribution in [3.8, 4) is 11.4 Å². The highest BCUT2D eigenvalue weighted by atomic mass is 16.6. The molecule has 1 fully saturated rings. The standard InChI is InChI=1S/C39H46N6O8/c1-3-5-9-17-44-22-41-27-13-10-14-28-33(27)35(44)24-20-45-30(34(24)43-28)18-26-25(36(45)48)21-52-38(51)39(26,4-2)53-32(47)16-15-29(37(49)50)42-31(46)19-40-23-11-7-6-8-12-23/h10,13-14,18,22-23,29,40H,3-9,11-12,15-17,19-21H2,1-2H3,(H,42,46)(H,49,50)/t29-,39-/m0/s1. The van der Waals surface area contributed by atoms with Crippen LogP contribution in [-0.4, -0.2) is 70.0 Å². The van der Waals surface area contributed by atoms with Crippen LogP contribution in [0.3, 0.4) is 0 Å². The number of hydrogen-bond donors (Lipinski definition) is 3. The maximum Gasteiger partial charge on any atom is 0.355 e. The number of carboxylic acids is 1. The van der Waals surface area contributed by atoms with Gasteiger partial charge in [-0.3, -0.25) is 14.4 Å². The molecule has 2 atom stereocenters. The number of unbranched alkanes of at least 4 members (excludes halogenated alkanes) is 2. The molecule has 14 heteroatoms. The lowest BCUT2D eigenvalue weighted by molar-refractivity contribution is -0.189. The average Bonchev–Trinajstić information content (AvgIpc) is 3.53. The van der Waals surface area contributed by atoms with Crippen molar-refractivity contribution in [2.45, 2.75) is 115 Å². The first-order valence-corrected chi connectivity index (χ1v) is 18.8. The van der Waals surface area contributed by atoms with E-state index in [1.54, 1.807) is 17.6 Å². The number of nitrogens with one attached hydrogen (secondary N) is 2. The molecule has 1 amide bonds. The summed E-state index contributed by atoms with van der Waals surface area (Å²) in [5.41, 5.74) is 2.59. The number of anilines is 1. The first-order chi connectivity index (χ1) is 25.6. The Morgan fingerprint density at radius 2 is 1.92 bits per heavy atom. The number of aromatic nitrogens is 2. The van der Waals surface area contributed by atoms with E-state index in [1.165, 1.54) is 6.42 Å². The Kier molecular flexibility index (Phi) is 10.3. The molecule has 7 rings (SSSR count). The van der Waals surface area contributed by atoms with Crippen molar-refractivity contribution >= 4 is 52.4 Å². The maximum atomic E-state index is 14.2. The molecule has 2 aromatic heterocycles. The summed E-state index contributed by atoms with van der Waals surface area (Å²) in [6.07, 6.45) is 9.51. The highest BCUT2D eigenvalue weighted by Gasteiger charge is 2.50. The molecular formula is C39H46N6O8. The molecule has 0 radical (unpaired) electrons. The number of cyclic esters (lactones) is 1. The van der Waals surface area contributed by atoms with Gasteiger partial charge in [-0.1, -0.05) is 52.0 Å². The summed E-state index contributed by atoms with van der Waals surface area (Å²) < 4.78 is 13.0. The lowest BCUT2D eigenvalue weighted by Gasteiger charge is -2.35. The summed E-state index contributed by atoms with van der Waals surface area (Å²) in [7, 11) is 0. The van der Waals surface area contributed by atoms with Gasteiger partial charge in [0.15, 0.2) is 0 Å². The van der Waals surface area contributed by atoms with Gasteiger partial charge in [-0.25, -0.2) is 19.6 Å². The van der Waals surface area contributed by atoms with E-state index in [0.29, 0.717) is 11.4 Å². The molecule has 3 aromatic rings. The maximum absolute atomic E-state index is 14.2. The molecule has 0 bridgehead atoms. The van der Waals surface area contributed by atoms with Gasteiger partial charge in [-0.15, -0.1) is 0 Å². The number of amides is 1. The lowest BCUT2D eigenvalue weighted by atomic mass is 9.85. The molecule has 3 N–H and O–H groups in total. The number of carbonyl (C=O) groups excluding carboxylic acids is 3.